The summed E-state index contributed by atoms with van der Waals surface area (Å²) in [6.45, 7) is 13.4. The Morgan fingerprint density at radius 1 is 1.11 bits per heavy atom. The average Bonchev–Trinajstić information content (AvgIpc) is 3.12. The third kappa shape index (κ3) is 6.49. The maximum atomic E-state index is 13.5. The van der Waals surface area contributed by atoms with Crippen molar-refractivity contribution in [1.82, 2.24) is 24.9 Å². The van der Waals surface area contributed by atoms with Crippen LogP contribution in [0.5, 0.6) is 0 Å². The van der Waals surface area contributed by atoms with Crippen LogP contribution in [-0.4, -0.2) is 62.6 Å². The number of piperazine rings is 1. The predicted octanol–water partition coefficient (Wildman–Crippen LogP) is 5.49. The molecule has 2 fully saturated rings. The Bertz CT molecular complexity index is 1090. The molecule has 3 heterocycles. The van der Waals surface area contributed by atoms with E-state index in [9.17, 15) is 9.59 Å². The van der Waals surface area contributed by atoms with Gasteiger partial charge >= 0.3 is 0 Å². The molecule has 38 heavy (non-hydrogen) atoms. The van der Waals surface area contributed by atoms with Gasteiger partial charge in [-0.1, -0.05) is 38.8 Å². The number of carbonyl (C=O) groups is 2. The summed E-state index contributed by atoms with van der Waals surface area (Å²) >= 11 is 6.06. The molecule has 2 aliphatic rings. The second kappa shape index (κ2) is 13.5. The van der Waals surface area contributed by atoms with E-state index >= 15 is 0 Å². The number of likely N-dealkylation sites (tertiary alicyclic amines) is 1. The van der Waals surface area contributed by atoms with Gasteiger partial charge in [0.05, 0.1) is 11.4 Å². The van der Waals surface area contributed by atoms with E-state index in [0.717, 1.165) is 49.6 Å². The Hall–Kier alpha value is -1.80. The molecule has 1 N–H and O–H groups in total. The van der Waals surface area contributed by atoms with Crippen molar-refractivity contribution in [2.75, 3.05) is 19.6 Å². The van der Waals surface area contributed by atoms with Gasteiger partial charge in [-0.15, -0.1) is 24.8 Å². The number of carbonyl (C=O) groups excluding carboxylic acids is 2. The van der Waals surface area contributed by atoms with Crippen molar-refractivity contribution in [2.45, 2.75) is 84.8 Å². The Morgan fingerprint density at radius 2 is 1.74 bits per heavy atom. The summed E-state index contributed by atoms with van der Waals surface area (Å²) < 4.78 is 1.97. The molecule has 1 spiro atoms. The van der Waals surface area contributed by atoms with Crippen LogP contribution >= 0.6 is 36.4 Å². The van der Waals surface area contributed by atoms with Gasteiger partial charge in [0.15, 0.2) is 0 Å². The van der Waals surface area contributed by atoms with Gasteiger partial charge in [0.2, 0.25) is 11.8 Å². The summed E-state index contributed by atoms with van der Waals surface area (Å²) in [5, 5.41) is 8.59. The van der Waals surface area contributed by atoms with Crippen LogP contribution in [0.3, 0.4) is 0 Å². The minimum absolute atomic E-state index is 0. The molecular formula is C28H42Cl3N5O2. The van der Waals surface area contributed by atoms with Crippen molar-refractivity contribution < 1.29 is 9.59 Å². The third-order valence-corrected chi connectivity index (χ3v) is 8.08. The number of halogens is 3. The molecule has 1 aromatic carbocycles. The van der Waals surface area contributed by atoms with Crippen molar-refractivity contribution in [3.63, 3.8) is 0 Å². The molecule has 2 aromatic rings. The fourth-order valence-electron chi connectivity index (χ4n) is 5.69. The van der Waals surface area contributed by atoms with Crippen LogP contribution in [0.2, 0.25) is 5.02 Å². The van der Waals surface area contributed by atoms with Crippen LogP contribution in [-0.2, 0) is 16.1 Å². The molecule has 10 heteroatoms. The fourth-order valence-corrected chi connectivity index (χ4v) is 5.81. The number of piperidine rings is 1. The Morgan fingerprint density at radius 3 is 2.32 bits per heavy atom. The van der Waals surface area contributed by atoms with E-state index in [1.54, 1.807) is 0 Å². The standard InChI is InChI=1S/C28H40ClN5O2.2ClH/c1-6-7-14-33-26(35)25(17-19(2)3)30-27(36)28(33)12-15-32(16-13-28)18-24-20(4)31-34(21(24)5)23-10-8-22(29)9-11-23;;/h8-11,19,25H,6-7,12-18H2,1-5H3,(H,30,36);2*1H. The van der Waals surface area contributed by atoms with E-state index in [1.807, 2.05) is 33.8 Å². The monoisotopic (exact) mass is 585 g/mol. The number of rotatable bonds is 8. The molecule has 2 amide bonds. The first-order valence-electron chi connectivity index (χ1n) is 13.3. The maximum Gasteiger partial charge on any atom is 0.246 e. The lowest BCUT2D eigenvalue weighted by Gasteiger charge is -2.52. The first kappa shape index (κ1) is 32.4. The van der Waals surface area contributed by atoms with Crippen molar-refractivity contribution in [1.29, 1.82) is 0 Å². The van der Waals surface area contributed by atoms with Crippen LogP contribution in [0, 0.1) is 19.8 Å². The Kier molecular flexibility index (Phi) is 11.5. The zero-order valence-electron chi connectivity index (χ0n) is 23.1. The molecule has 1 aromatic heterocycles. The molecule has 7 nitrogen and oxygen atoms in total. The van der Waals surface area contributed by atoms with E-state index in [4.69, 9.17) is 16.7 Å². The van der Waals surface area contributed by atoms with Gasteiger partial charge in [0.1, 0.15) is 11.6 Å². The van der Waals surface area contributed by atoms with E-state index in [1.165, 1.54) is 5.56 Å². The normalized spacial score (nSPS) is 19.3. The van der Waals surface area contributed by atoms with Crippen LogP contribution < -0.4 is 5.32 Å². The minimum atomic E-state index is -0.728. The highest BCUT2D eigenvalue weighted by Crippen LogP contribution is 2.35. The number of nitrogens with zero attached hydrogens (tertiary/aromatic N) is 4. The van der Waals surface area contributed by atoms with Gasteiger partial charge in [0.25, 0.3) is 0 Å². The SMILES string of the molecule is CCCCN1C(=O)C(CC(C)C)NC(=O)C12CCN(Cc1c(C)nn(-c3ccc(Cl)cc3)c1C)CC2.Cl.Cl. The summed E-state index contributed by atoms with van der Waals surface area (Å²) in [4.78, 5) is 31.3. The van der Waals surface area contributed by atoms with E-state index < -0.39 is 11.6 Å². The number of aryl methyl sites for hydroxylation is 1. The van der Waals surface area contributed by atoms with E-state index in [-0.39, 0.29) is 36.6 Å². The highest BCUT2D eigenvalue weighted by Gasteiger charge is 2.53. The highest BCUT2D eigenvalue weighted by atomic mass is 35.5. The first-order chi connectivity index (χ1) is 17.2. The zero-order chi connectivity index (χ0) is 26.0. The Balaban J connectivity index is 0.00000253. The van der Waals surface area contributed by atoms with E-state index in [2.05, 4.69) is 44.8 Å². The van der Waals surface area contributed by atoms with Crippen molar-refractivity contribution in [3.8, 4) is 5.69 Å². The molecule has 212 valence electrons. The summed E-state index contributed by atoms with van der Waals surface area (Å²) in [6.07, 6.45) is 3.92. The largest absolute Gasteiger partial charge is 0.342 e. The molecule has 4 rings (SSSR count). The van der Waals surface area contributed by atoms with Gasteiger partial charge in [-0.2, -0.15) is 5.10 Å². The van der Waals surface area contributed by atoms with Gasteiger partial charge in [-0.3, -0.25) is 14.5 Å². The predicted molar refractivity (Wildman–Crippen MR) is 158 cm³/mol. The number of hydrogen-bond donors (Lipinski definition) is 1. The smallest absolute Gasteiger partial charge is 0.246 e. The van der Waals surface area contributed by atoms with Crippen molar-refractivity contribution in [2.24, 2.45) is 5.92 Å². The molecule has 0 saturated carbocycles. The Labute approximate surface area is 244 Å². The van der Waals surface area contributed by atoms with Crippen LogP contribution in [0.25, 0.3) is 5.69 Å². The maximum absolute atomic E-state index is 13.5. The summed E-state index contributed by atoms with van der Waals surface area (Å²) in [5.74, 6) is 0.482. The van der Waals surface area contributed by atoms with Gasteiger partial charge in [-0.25, -0.2) is 4.68 Å². The number of benzene rings is 1. The lowest BCUT2D eigenvalue weighted by Crippen LogP contribution is -2.73. The summed E-state index contributed by atoms with van der Waals surface area (Å²) in [6, 6.07) is 7.31. The molecule has 2 aliphatic heterocycles. The topological polar surface area (TPSA) is 70.5 Å². The average molecular weight is 587 g/mol. The van der Waals surface area contributed by atoms with Gasteiger partial charge in [0, 0.05) is 42.5 Å². The third-order valence-electron chi connectivity index (χ3n) is 7.83. The zero-order valence-corrected chi connectivity index (χ0v) is 25.5. The fraction of sp³-hybridized carbons (Fsp3) is 0.607. The van der Waals surface area contributed by atoms with Gasteiger partial charge in [-0.05, 0) is 69.7 Å². The van der Waals surface area contributed by atoms with E-state index in [0.29, 0.717) is 36.7 Å². The molecular weight excluding hydrogens is 545 g/mol. The minimum Gasteiger partial charge on any atom is -0.342 e. The number of hydrogen-bond acceptors (Lipinski definition) is 4. The molecule has 0 bridgehead atoms. The summed E-state index contributed by atoms with van der Waals surface area (Å²) in [5.41, 5.74) is 3.60. The molecule has 1 atom stereocenters. The number of amides is 2. The lowest BCUT2D eigenvalue weighted by molar-refractivity contribution is -0.161. The van der Waals surface area contributed by atoms with Crippen LogP contribution in [0.4, 0.5) is 0 Å². The number of aromatic nitrogens is 2. The second-order valence-corrected chi connectivity index (χ2v) is 11.3. The molecule has 1 unspecified atom stereocenters. The highest BCUT2D eigenvalue weighted by molar-refractivity contribution is 6.30. The van der Waals surface area contributed by atoms with Crippen LogP contribution in [0.1, 0.15) is 69.8 Å². The van der Waals surface area contributed by atoms with Gasteiger partial charge < -0.3 is 10.2 Å². The van der Waals surface area contributed by atoms with Crippen molar-refractivity contribution in [3.05, 3.63) is 46.2 Å². The molecule has 2 saturated heterocycles. The second-order valence-electron chi connectivity index (χ2n) is 10.8. The number of nitrogens with one attached hydrogen (secondary N) is 1. The lowest BCUT2D eigenvalue weighted by atomic mass is 9.80. The first-order valence-corrected chi connectivity index (χ1v) is 13.7. The van der Waals surface area contributed by atoms with Crippen molar-refractivity contribution >= 4 is 48.2 Å². The summed E-state index contributed by atoms with van der Waals surface area (Å²) in [7, 11) is 0. The quantitative estimate of drug-likeness (QED) is 0.444. The molecule has 0 aliphatic carbocycles. The van der Waals surface area contributed by atoms with Crippen LogP contribution in [0.15, 0.2) is 24.3 Å². The molecule has 0 radical (unpaired) electrons. The number of unbranched alkanes of at least 4 members (excludes halogenated alkanes) is 1.